The second-order valence-corrected chi connectivity index (χ2v) is 7.22. The third-order valence-corrected chi connectivity index (χ3v) is 4.98. The fraction of sp³-hybridized carbons (Fsp3) is 0.450. The minimum Gasteiger partial charge on any atom is -0.481 e. The van der Waals surface area contributed by atoms with Gasteiger partial charge in [-0.25, -0.2) is 4.79 Å². The summed E-state index contributed by atoms with van der Waals surface area (Å²) in [6.45, 7) is 3.94. The Balaban J connectivity index is 1.53. The van der Waals surface area contributed by atoms with Crippen molar-refractivity contribution in [1.82, 2.24) is 20.0 Å². The van der Waals surface area contributed by atoms with Crippen LogP contribution in [0.1, 0.15) is 24.6 Å². The van der Waals surface area contributed by atoms with Gasteiger partial charge in [-0.3, -0.25) is 9.48 Å². The molecule has 0 spiro atoms. The van der Waals surface area contributed by atoms with Crippen LogP contribution >= 0.6 is 0 Å². The first-order valence-corrected chi connectivity index (χ1v) is 9.33. The van der Waals surface area contributed by atoms with Crippen molar-refractivity contribution in [2.45, 2.75) is 32.9 Å². The maximum atomic E-state index is 12.5. The fourth-order valence-corrected chi connectivity index (χ4v) is 3.57. The summed E-state index contributed by atoms with van der Waals surface area (Å²) < 4.78 is 1.90. The van der Waals surface area contributed by atoms with Crippen molar-refractivity contribution in [1.29, 1.82) is 0 Å². The highest BCUT2D eigenvalue weighted by molar-refractivity contribution is 5.76. The highest BCUT2D eigenvalue weighted by Crippen LogP contribution is 2.21. The zero-order valence-electron chi connectivity index (χ0n) is 15.5. The fourth-order valence-electron chi connectivity index (χ4n) is 3.57. The summed E-state index contributed by atoms with van der Waals surface area (Å²) in [5.74, 6) is -1.14. The Kier molecular flexibility index (Phi) is 6.11. The van der Waals surface area contributed by atoms with Crippen LogP contribution in [-0.2, 0) is 24.3 Å². The molecule has 144 valence electrons. The van der Waals surface area contributed by atoms with E-state index in [9.17, 15) is 14.7 Å². The molecular weight excluding hydrogens is 344 g/mol. The van der Waals surface area contributed by atoms with E-state index >= 15 is 0 Å². The minimum atomic E-state index is -0.835. The lowest BCUT2D eigenvalue weighted by molar-refractivity contribution is -0.143. The molecule has 7 nitrogen and oxygen atoms in total. The molecule has 1 aliphatic heterocycles. The Hall–Kier alpha value is -2.83. The second-order valence-electron chi connectivity index (χ2n) is 7.22. The van der Waals surface area contributed by atoms with Gasteiger partial charge in [-0.15, -0.1) is 0 Å². The molecule has 2 aromatic rings. The number of nitrogens with one attached hydrogen (secondary N) is 1. The van der Waals surface area contributed by atoms with Gasteiger partial charge in [0.1, 0.15) is 0 Å². The van der Waals surface area contributed by atoms with Gasteiger partial charge in [-0.2, -0.15) is 5.10 Å². The molecule has 0 saturated carbocycles. The molecule has 2 heterocycles. The third kappa shape index (κ3) is 5.09. The predicted octanol–water partition coefficient (Wildman–Crippen LogP) is 2.38. The lowest BCUT2D eigenvalue weighted by Gasteiger charge is -2.34. The molecule has 0 aliphatic carbocycles. The highest BCUT2D eigenvalue weighted by atomic mass is 16.4. The van der Waals surface area contributed by atoms with Crippen molar-refractivity contribution >= 4 is 12.0 Å². The number of urea groups is 1. The number of hydrogen-bond acceptors (Lipinski definition) is 3. The van der Waals surface area contributed by atoms with Crippen molar-refractivity contribution in [2.24, 2.45) is 11.8 Å². The van der Waals surface area contributed by atoms with Gasteiger partial charge in [-0.05, 0) is 30.4 Å². The predicted molar refractivity (Wildman–Crippen MR) is 101 cm³/mol. The maximum absolute atomic E-state index is 12.5. The molecule has 2 amide bonds. The first kappa shape index (κ1) is 18.9. The van der Waals surface area contributed by atoms with Crippen LogP contribution in [0.4, 0.5) is 4.79 Å². The number of carboxylic acids is 1. The van der Waals surface area contributed by atoms with E-state index < -0.39 is 11.9 Å². The lowest BCUT2D eigenvalue weighted by Crippen LogP contribution is -2.49. The summed E-state index contributed by atoms with van der Waals surface area (Å²) in [6, 6.07) is 11.9. The number of amides is 2. The van der Waals surface area contributed by atoms with Gasteiger partial charge in [0.05, 0.1) is 18.2 Å². The average molecular weight is 370 g/mol. The Morgan fingerprint density at radius 2 is 2.00 bits per heavy atom. The molecule has 2 N–H and O–H groups in total. The molecule has 1 aromatic carbocycles. The Bertz CT molecular complexity index is 775. The van der Waals surface area contributed by atoms with E-state index in [0.717, 1.165) is 18.7 Å². The second kappa shape index (κ2) is 8.70. The van der Waals surface area contributed by atoms with E-state index in [-0.39, 0.29) is 18.5 Å². The van der Waals surface area contributed by atoms with Crippen molar-refractivity contribution in [3.05, 3.63) is 53.9 Å². The number of aryl methyl sites for hydroxylation is 2. The number of rotatable bonds is 6. The minimum absolute atomic E-state index is 0.182. The molecule has 3 rings (SSSR count). The molecule has 1 saturated heterocycles. The highest BCUT2D eigenvalue weighted by Gasteiger charge is 2.31. The van der Waals surface area contributed by atoms with E-state index in [1.165, 1.54) is 5.56 Å². The van der Waals surface area contributed by atoms with Crippen molar-refractivity contribution < 1.29 is 14.7 Å². The summed E-state index contributed by atoms with van der Waals surface area (Å²) in [5, 5.41) is 16.5. The van der Waals surface area contributed by atoms with Crippen LogP contribution in [0, 0.1) is 11.8 Å². The van der Waals surface area contributed by atoms with Crippen LogP contribution in [0.25, 0.3) is 0 Å². The standard InChI is InChI=1S/C20H26N4O3/c1-15-11-17(19(25)26)14-23(13-15)20(27)21-12-18-7-9-22-24(18)10-8-16-5-3-2-4-6-16/h2-7,9,15,17H,8,10-14H2,1H3,(H,21,27)(H,25,26). The Morgan fingerprint density at radius 3 is 2.74 bits per heavy atom. The average Bonchev–Trinajstić information content (AvgIpc) is 3.12. The topological polar surface area (TPSA) is 87.5 Å². The number of piperidine rings is 1. The first-order chi connectivity index (χ1) is 13.0. The number of carboxylic acid groups (broad SMARTS) is 1. The molecule has 7 heteroatoms. The summed E-state index contributed by atoms with van der Waals surface area (Å²) in [5.41, 5.74) is 2.17. The lowest BCUT2D eigenvalue weighted by atomic mass is 9.91. The first-order valence-electron chi connectivity index (χ1n) is 9.33. The van der Waals surface area contributed by atoms with Gasteiger partial charge in [-0.1, -0.05) is 37.3 Å². The zero-order chi connectivity index (χ0) is 19.2. The van der Waals surface area contributed by atoms with Crippen LogP contribution in [0.2, 0.25) is 0 Å². The van der Waals surface area contributed by atoms with E-state index in [2.05, 4.69) is 22.5 Å². The number of likely N-dealkylation sites (tertiary alicyclic amines) is 1. The largest absolute Gasteiger partial charge is 0.481 e. The molecule has 1 fully saturated rings. The van der Waals surface area contributed by atoms with Crippen molar-refractivity contribution in [3.63, 3.8) is 0 Å². The van der Waals surface area contributed by atoms with Gasteiger partial charge in [0, 0.05) is 25.8 Å². The Morgan fingerprint density at radius 1 is 1.22 bits per heavy atom. The molecule has 1 aliphatic rings. The summed E-state index contributed by atoms with van der Waals surface area (Å²) in [7, 11) is 0. The van der Waals surface area contributed by atoms with Gasteiger partial charge >= 0.3 is 12.0 Å². The van der Waals surface area contributed by atoms with Crippen LogP contribution in [0.3, 0.4) is 0 Å². The van der Waals surface area contributed by atoms with Crippen LogP contribution in [0.15, 0.2) is 42.6 Å². The van der Waals surface area contributed by atoms with Gasteiger partial charge < -0.3 is 15.3 Å². The van der Waals surface area contributed by atoms with Gasteiger partial charge in [0.2, 0.25) is 0 Å². The number of aliphatic carboxylic acids is 1. The normalized spacial score (nSPS) is 19.7. The van der Waals surface area contributed by atoms with E-state index in [4.69, 9.17) is 0 Å². The molecule has 27 heavy (non-hydrogen) atoms. The molecule has 0 bridgehead atoms. The van der Waals surface area contributed by atoms with E-state index in [1.807, 2.05) is 35.9 Å². The number of aromatic nitrogens is 2. The maximum Gasteiger partial charge on any atom is 0.317 e. The molecule has 0 radical (unpaired) electrons. The van der Waals surface area contributed by atoms with Crippen LogP contribution < -0.4 is 5.32 Å². The number of carbonyl (C=O) groups is 2. The van der Waals surface area contributed by atoms with Crippen LogP contribution in [0.5, 0.6) is 0 Å². The summed E-state index contributed by atoms with van der Waals surface area (Å²) in [6.07, 6.45) is 3.22. The van der Waals surface area contributed by atoms with E-state index in [0.29, 0.717) is 19.5 Å². The SMILES string of the molecule is CC1CC(C(=O)O)CN(C(=O)NCc2ccnn2CCc2ccccc2)C1. The summed E-state index contributed by atoms with van der Waals surface area (Å²) >= 11 is 0. The van der Waals surface area contributed by atoms with Gasteiger partial charge in [0.15, 0.2) is 0 Å². The smallest absolute Gasteiger partial charge is 0.317 e. The van der Waals surface area contributed by atoms with Gasteiger partial charge in [0.25, 0.3) is 0 Å². The monoisotopic (exact) mass is 370 g/mol. The number of hydrogen-bond donors (Lipinski definition) is 2. The zero-order valence-corrected chi connectivity index (χ0v) is 15.5. The van der Waals surface area contributed by atoms with Crippen molar-refractivity contribution in [2.75, 3.05) is 13.1 Å². The number of carbonyl (C=O) groups excluding carboxylic acids is 1. The number of nitrogens with zero attached hydrogens (tertiary/aromatic N) is 3. The molecule has 2 unspecified atom stereocenters. The number of benzene rings is 1. The van der Waals surface area contributed by atoms with Crippen LogP contribution in [-0.4, -0.2) is 44.9 Å². The van der Waals surface area contributed by atoms with E-state index in [1.54, 1.807) is 11.1 Å². The third-order valence-electron chi connectivity index (χ3n) is 4.98. The molecular formula is C20H26N4O3. The van der Waals surface area contributed by atoms with Crippen molar-refractivity contribution in [3.8, 4) is 0 Å². The molecule has 1 aromatic heterocycles. The summed E-state index contributed by atoms with van der Waals surface area (Å²) in [4.78, 5) is 25.4. The molecule has 2 atom stereocenters. The quantitative estimate of drug-likeness (QED) is 0.817. The Labute approximate surface area is 159 Å².